The number of carbonyl (C=O) groups is 1. The summed E-state index contributed by atoms with van der Waals surface area (Å²) in [5.41, 5.74) is 11.1. The first kappa shape index (κ1) is 14.3. The Bertz CT molecular complexity index is 615. The van der Waals surface area contributed by atoms with Gasteiger partial charge in [0.2, 0.25) is 0 Å². The predicted molar refractivity (Wildman–Crippen MR) is 78.3 cm³/mol. The highest BCUT2D eigenvalue weighted by molar-refractivity contribution is 7.09. The number of nitrogens with zero attached hydrogens (tertiary/aromatic N) is 1. The summed E-state index contributed by atoms with van der Waals surface area (Å²) in [6, 6.07) is 2.43. The Balaban J connectivity index is 2.13. The molecule has 0 aliphatic heterocycles. The molecular weight excluding hydrogens is 279 g/mol. The van der Waals surface area contributed by atoms with E-state index in [4.69, 9.17) is 11.5 Å². The molecule has 0 bridgehead atoms. The summed E-state index contributed by atoms with van der Waals surface area (Å²) in [4.78, 5) is 15.4. The molecule has 1 aromatic heterocycles. The third-order valence-corrected chi connectivity index (χ3v) is 3.88. The molecule has 0 aliphatic carbocycles. The van der Waals surface area contributed by atoms with Crippen LogP contribution in [0.5, 0.6) is 0 Å². The highest BCUT2D eigenvalue weighted by Crippen LogP contribution is 2.24. The highest BCUT2D eigenvalue weighted by Gasteiger charge is 2.13. The molecule has 7 heteroatoms. The zero-order valence-corrected chi connectivity index (χ0v) is 11.7. The van der Waals surface area contributed by atoms with Gasteiger partial charge >= 0.3 is 0 Å². The van der Waals surface area contributed by atoms with E-state index < -0.39 is 11.7 Å². The molecular formula is C13H15FN4OS. The Morgan fingerprint density at radius 1 is 1.55 bits per heavy atom. The largest absolute Gasteiger partial charge is 0.398 e. The molecule has 20 heavy (non-hydrogen) atoms. The number of nitrogen functional groups attached to an aromatic ring is 1. The van der Waals surface area contributed by atoms with Crippen molar-refractivity contribution in [3.8, 4) is 0 Å². The molecule has 1 atom stereocenters. The van der Waals surface area contributed by atoms with Gasteiger partial charge in [0.05, 0.1) is 16.3 Å². The minimum atomic E-state index is -0.682. The molecule has 0 radical (unpaired) electrons. The number of halogens is 1. The van der Waals surface area contributed by atoms with Crippen molar-refractivity contribution in [3.63, 3.8) is 0 Å². The van der Waals surface area contributed by atoms with E-state index in [-0.39, 0.29) is 22.9 Å². The first-order valence-electron chi connectivity index (χ1n) is 6.01. The van der Waals surface area contributed by atoms with Crippen molar-refractivity contribution in [3.05, 3.63) is 40.1 Å². The Kier molecular flexibility index (Phi) is 4.19. The molecule has 5 nitrogen and oxygen atoms in total. The van der Waals surface area contributed by atoms with Crippen LogP contribution in [-0.2, 0) is 0 Å². The van der Waals surface area contributed by atoms with E-state index in [9.17, 15) is 9.18 Å². The van der Waals surface area contributed by atoms with Crippen molar-refractivity contribution in [2.45, 2.75) is 12.8 Å². The van der Waals surface area contributed by atoms with Crippen molar-refractivity contribution in [2.24, 2.45) is 5.73 Å². The molecule has 106 valence electrons. The topological polar surface area (TPSA) is 94.0 Å². The third kappa shape index (κ3) is 3.05. The van der Waals surface area contributed by atoms with E-state index in [1.807, 2.05) is 12.3 Å². The molecule has 0 aliphatic rings. The number of amides is 1. The SMILES string of the molecule is CC(CNc1cc(C(N)=O)c(N)cc1F)c1nccs1. The lowest BCUT2D eigenvalue weighted by molar-refractivity contribution is 0.100. The predicted octanol–water partition coefficient (Wildman–Crippen LogP) is 2.18. The molecule has 1 aromatic carbocycles. The molecule has 1 unspecified atom stereocenters. The number of hydrogen-bond donors (Lipinski definition) is 3. The van der Waals surface area contributed by atoms with Crippen LogP contribution in [0.15, 0.2) is 23.7 Å². The number of nitrogens with one attached hydrogen (secondary N) is 1. The molecule has 5 N–H and O–H groups in total. The number of thiazole rings is 1. The molecule has 1 heterocycles. The van der Waals surface area contributed by atoms with Gasteiger partial charge in [0.25, 0.3) is 5.91 Å². The van der Waals surface area contributed by atoms with E-state index in [1.54, 1.807) is 17.5 Å². The van der Waals surface area contributed by atoms with Crippen LogP contribution in [0.1, 0.15) is 28.2 Å². The van der Waals surface area contributed by atoms with Crippen LogP contribution in [0.2, 0.25) is 0 Å². The summed E-state index contributed by atoms with van der Waals surface area (Å²) in [6.45, 7) is 2.47. The fraction of sp³-hybridized carbons (Fsp3) is 0.231. The summed E-state index contributed by atoms with van der Waals surface area (Å²) >= 11 is 1.54. The minimum Gasteiger partial charge on any atom is -0.398 e. The summed E-state index contributed by atoms with van der Waals surface area (Å²) in [5, 5.41) is 5.80. The number of anilines is 2. The highest BCUT2D eigenvalue weighted by atomic mass is 32.1. The molecule has 0 saturated carbocycles. The van der Waals surface area contributed by atoms with Gasteiger partial charge < -0.3 is 16.8 Å². The first-order chi connectivity index (χ1) is 9.49. The summed E-state index contributed by atoms with van der Waals surface area (Å²) in [7, 11) is 0. The van der Waals surface area contributed by atoms with E-state index in [0.29, 0.717) is 6.54 Å². The van der Waals surface area contributed by atoms with Gasteiger partial charge in [-0.1, -0.05) is 6.92 Å². The van der Waals surface area contributed by atoms with Crippen molar-refractivity contribution >= 4 is 28.6 Å². The van der Waals surface area contributed by atoms with Gasteiger partial charge in [0.1, 0.15) is 5.82 Å². The van der Waals surface area contributed by atoms with Crippen molar-refractivity contribution in [1.29, 1.82) is 0 Å². The van der Waals surface area contributed by atoms with Crippen LogP contribution < -0.4 is 16.8 Å². The van der Waals surface area contributed by atoms with Gasteiger partial charge in [0, 0.05) is 29.7 Å². The van der Waals surface area contributed by atoms with E-state index >= 15 is 0 Å². The summed E-state index contributed by atoms with van der Waals surface area (Å²) in [5.74, 6) is -1.07. The van der Waals surface area contributed by atoms with Crippen LogP contribution >= 0.6 is 11.3 Å². The van der Waals surface area contributed by atoms with E-state index in [2.05, 4.69) is 10.3 Å². The third-order valence-electron chi connectivity index (χ3n) is 2.88. The Labute approximate surface area is 119 Å². The van der Waals surface area contributed by atoms with Crippen LogP contribution in [0.3, 0.4) is 0 Å². The van der Waals surface area contributed by atoms with Crippen molar-refractivity contribution < 1.29 is 9.18 Å². The number of carbonyl (C=O) groups excluding carboxylic acids is 1. The molecule has 2 rings (SSSR count). The Morgan fingerprint density at radius 2 is 2.30 bits per heavy atom. The quantitative estimate of drug-likeness (QED) is 0.737. The monoisotopic (exact) mass is 294 g/mol. The molecule has 0 fully saturated rings. The zero-order valence-electron chi connectivity index (χ0n) is 10.9. The van der Waals surface area contributed by atoms with Gasteiger partial charge in [-0.3, -0.25) is 4.79 Å². The van der Waals surface area contributed by atoms with Gasteiger partial charge in [-0.25, -0.2) is 9.37 Å². The number of aromatic nitrogens is 1. The van der Waals surface area contributed by atoms with Crippen LogP contribution in [0.25, 0.3) is 0 Å². The lowest BCUT2D eigenvalue weighted by Crippen LogP contribution is -2.16. The average molecular weight is 294 g/mol. The molecule has 2 aromatic rings. The first-order valence-corrected chi connectivity index (χ1v) is 6.89. The second kappa shape index (κ2) is 5.87. The molecule has 0 saturated heterocycles. The normalized spacial score (nSPS) is 12.1. The van der Waals surface area contributed by atoms with Gasteiger partial charge in [-0.2, -0.15) is 0 Å². The number of nitrogens with two attached hydrogens (primary N) is 2. The van der Waals surface area contributed by atoms with Gasteiger partial charge in [-0.05, 0) is 12.1 Å². The maximum atomic E-state index is 13.8. The Morgan fingerprint density at radius 3 is 2.90 bits per heavy atom. The summed E-state index contributed by atoms with van der Waals surface area (Å²) in [6.07, 6.45) is 1.73. The average Bonchev–Trinajstić information content (AvgIpc) is 2.90. The van der Waals surface area contributed by atoms with Crippen LogP contribution in [0, 0.1) is 5.82 Å². The lowest BCUT2D eigenvalue weighted by Gasteiger charge is -2.13. The molecule has 0 spiro atoms. The smallest absolute Gasteiger partial charge is 0.250 e. The second-order valence-corrected chi connectivity index (χ2v) is 5.36. The van der Waals surface area contributed by atoms with Crippen molar-refractivity contribution in [2.75, 3.05) is 17.6 Å². The fourth-order valence-corrected chi connectivity index (χ4v) is 2.46. The van der Waals surface area contributed by atoms with Crippen LogP contribution in [0.4, 0.5) is 15.8 Å². The van der Waals surface area contributed by atoms with Crippen LogP contribution in [-0.4, -0.2) is 17.4 Å². The molecule has 1 amide bonds. The number of hydrogen-bond acceptors (Lipinski definition) is 5. The van der Waals surface area contributed by atoms with Gasteiger partial charge in [0.15, 0.2) is 0 Å². The van der Waals surface area contributed by atoms with E-state index in [1.165, 1.54) is 6.07 Å². The maximum absolute atomic E-state index is 13.8. The zero-order chi connectivity index (χ0) is 14.7. The summed E-state index contributed by atoms with van der Waals surface area (Å²) < 4.78 is 13.8. The van der Waals surface area contributed by atoms with Gasteiger partial charge in [-0.15, -0.1) is 11.3 Å². The minimum absolute atomic E-state index is 0.0357. The van der Waals surface area contributed by atoms with E-state index in [0.717, 1.165) is 11.1 Å². The van der Waals surface area contributed by atoms with Crippen molar-refractivity contribution in [1.82, 2.24) is 4.98 Å². The number of rotatable bonds is 5. The lowest BCUT2D eigenvalue weighted by atomic mass is 10.1. The second-order valence-electron chi connectivity index (χ2n) is 4.44. The number of benzene rings is 1. The Hall–Kier alpha value is -2.15. The maximum Gasteiger partial charge on any atom is 0.250 e. The standard InChI is InChI=1S/C13H15FN4OS/c1-7(13-17-2-3-20-13)6-18-11-4-8(12(16)19)10(15)5-9(11)14/h2-5,7,18H,6,15H2,1H3,(H2,16,19). The number of primary amides is 1. The fourth-order valence-electron chi connectivity index (χ4n) is 1.77.